The van der Waals surface area contributed by atoms with Gasteiger partial charge in [0.05, 0.1) is 16.5 Å². The zero-order chi connectivity index (χ0) is 14.0. The first kappa shape index (κ1) is 13.8. The number of non-ortho nitro benzene ring substituents is 1. The lowest BCUT2D eigenvalue weighted by Crippen LogP contribution is -2.36. The highest BCUT2D eigenvalue weighted by atomic mass is 79.9. The van der Waals surface area contributed by atoms with Crippen LogP contribution < -0.4 is 4.90 Å². The van der Waals surface area contributed by atoms with Gasteiger partial charge in [0.25, 0.3) is 5.69 Å². The van der Waals surface area contributed by atoms with Gasteiger partial charge in [-0.25, -0.2) is 0 Å². The number of benzene rings is 1. The lowest BCUT2D eigenvalue weighted by atomic mass is 9.97. The van der Waals surface area contributed by atoms with Gasteiger partial charge in [-0.05, 0) is 34.8 Å². The maximum Gasteiger partial charge on any atom is 0.306 e. The molecule has 1 saturated heterocycles. The minimum atomic E-state index is -0.748. The molecule has 1 aliphatic rings. The van der Waals surface area contributed by atoms with E-state index in [0.717, 1.165) is 5.69 Å². The second-order valence-electron chi connectivity index (χ2n) is 4.49. The molecule has 0 bridgehead atoms. The molecule has 1 aromatic carbocycles. The minimum Gasteiger partial charge on any atom is -0.481 e. The number of rotatable bonds is 3. The number of carbonyl (C=O) groups is 1. The van der Waals surface area contributed by atoms with Crippen molar-refractivity contribution in [1.82, 2.24) is 0 Å². The molecule has 1 aromatic rings. The highest BCUT2D eigenvalue weighted by molar-refractivity contribution is 9.10. The van der Waals surface area contributed by atoms with Gasteiger partial charge in [0.1, 0.15) is 0 Å². The number of nitro groups is 1. The Hall–Kier alpha value is -1.63. The summed E-state index contributed by atoms with van der Waals surface area (Å²) in [5, 5.41) is 19.6. The van der Waals surface area contributed by atoms with E-state index in [1.54, 1.807) is 6.07 Å². The van der Waals surface area contributed by atoms with Crippen LogP contribution in [0.15, 0.2) is 22.7 Å². The van der Waals surface area contributed by atoms with Gasteiger partial charge in [-0.2, -0.15) is 0 Å². The smallest absolute Gasteiger partial charge is 0.306 e. The predicted molar refractivity (Wildman–Crippen MR) is 73.4 cm³/mol. The maximum atomic E-state index is 10.9. The third-order valence-electron chi connectivity index (χ3n) is 3.33. The summed E-state index contributed by atoms with van der Waals surface area (Å²) in [6.07, 6.45) is 1.19. The Morgan fingerprint density at radius 2 is 2.05 bits per heavy atom. The molecule has 19 heavy (non-hydrogen) atoms. The van der Waals surface area contributed by atoms with E-state index in [4.69, 9.17) is 5.11 Å². The van der Waals surface area contributed by atoms with Crippen LogP contribution in [0.2, 0.25) is 0 Å². The molecular weight excluding hydrogens is 316 g/mol. The van der Waals surface area contributed by atoms with Gasteiger partial charge in [0.15, 0.2) is 0 Å². The molecule has 7 heteroatoms. The number of nitro benzene ring substituents is 1. The van der Waals surface area contributed by atoms with E-state index in [0.29, 0.717) is 30.4 Å². The summed E-state index contributed by atoms with van der Waals surface area (Å²) in [5.41, 5.74) is 0.908. The van der Waals surface area contributed by atoms with Crippen LogP contribution in [-0.4, -0.2) is 29.1 Å². The highest BCUT2D eigenvalue weighted by Gasteiger charge is 2.25. The lowest BCUT2D eigenvalue weighted by Gasteiger charge is -2.32. The van der Waals surface area contributed by atoms with Crippen LogP contribution in [0.5, 0.6) is 0 Å². The molecule has 1 heterocycles. The zero-order valence-electron chi connectivity index (χ0n) is 10.1. The second-order valence-corrected chi connectivity index (χ2v) is 5.35. The van der Waals surface area contributed by atoms with Crippen molar-refractivity contribution in [3.8, 4) is 0 Å². The number of anilines is 1. The Balaban J connectivity index is 2.11. The molecule has 0 aliphatic carbocycles. The van der Waals surface area contributed by atoms with E-state index in [1.807, 2.05) is 4.90 Å². The van der Waals surface area contributed by atoms with Crippen molar-refractivity contribution in [2.45, 2.75) is 12.8 Å². The molecular formula is C12H13BrN2O4. The van der Waals surface area contributed by atoms with Gasteiger partial charge in [0.2, 0.25) is 0 Å². The Morgan fingerprint density at radius 3 is 2.53 bits per heavy atom. The molecule has 0 spiro atoms. The van der Waals surface area contributed by atoms with Crippen LogP contribution in [-0.2, 0) is 4.79 Å². The fourth-order valence-electron chi connectivity index (χ4n) is 2.23. The fourth-order valence-corrected chi connectivity index (χ4v) is 2.85. The van der Waals surface area contributed by atoms with Crippen molar-refractivity contribution in [1.29, 1.82) is 0 Å². The second kappa shape index (κ2) is 5.56. The molecule has 0 radical (unpaired) electrons. The monoisotopic (exact) mass is 328 g/mol. The number of nitrogens with zero attached hydrogens (tertiary/aromatic N) is 2. The van der Waals surface area contributed by atoms with E-state index >= 15 is 0 Å². The van der Waals surface area contributed by atoms with E-state index < -0.39 is 10.9 Å². The molecule has 2 rings (SSSR count). The lowest BCUT2D eigenvalue weighted by molar-refractivity contribution is -0.384. The Kier molecular flexibility index (Phi) is 4.04. The number of hydrogen-bond donors (Lipinski definition) is 1. The summed E-state index contributed by atoms with van der Waals surface area (Å²) in [6, 6.07) is 4.63. The number of carboxylic acids is 1. The van der Waals surface area contributed by atoms with Crippen molar-refractivity contribution in [2.24, 2.45) is 5.92 Å². The van der Waals surface area contributed by atoms with Gasteiger partial charge in [-0.3, -0.25) is 14.9 Å². The van der Waals surface area contributed by atoms with Crippen molar-refractivity contribution < 1.29 is 14.8 Å². The predicted octanol–water partition coefficient (Wildman–Crippen LogP) is 2.66. The number of carboxylic acid groups (broad SMARTS) is 1. The van der Waals surface area contributed by atoms with Crippen molar-refractivity contribution in [2.75, 3.05) is 18.0 Å². The van der Waals surface area contributed by atoms with Crippen LogP contribution in [0, 0.1) is 16.0 Å². The van der Waals surface area contributed by atoms with E-state index in [2.05, 4.69) is 15.9 Å². The SMILES string of the molecule is O=C(O)C1CCN(c2ccc([N+](=O)[O-])cc2Br)CC1. The summed E-state index contributed by atoms with van der Waals surface area (Å²) in [4.78, 5) is 23.2. The molecule has 1 aliphatic heterocycles. The van der Waals surface area contributed by atoms with Crippen LogP contribution in [0.1, 0.15) is 12.8 Å². The number of halogens is 1. The first-order valence-electron chi connectivity index (χ1n) is 5.90. The van der Waals surface area contributed by atoms with Crippen molar-refractivity contribution in [3.63, 3.8) is 0 Å². The number of piperidine rings is 1. The molecule has 0 atom stereocenters. The molecule has 0 unspecified atom stereocenters. The van der Waals surface area contributed by atoms with Gasteiger partial charge < -0.3 is 10.0 Å². The molecule has 1 N–H and O–H groups in total. The summed E-state index contributed by atoms with van der Waals surface area (Å²) in [6.45, 7) is 1.29. The normalized spacial score (nSPS) is 16.4. The molecule has 0 aromatic heterocycles. The van der Waals surface area contributed by atoms with Gasteiger partial charge >= 0.3 is 5.97 Å². The molecule has 102 valence electrons. The summed E-state index contributed by atoms with van der Waals surface area (Å²) in [7, 11) is 0. The van der Waals surface area contributed by atoms with Gasteiger partial charge in [-0.1, -0.05) is 0 Å². The van der Waals surface area contributed by atoms with Gasteiger partial charge in [-0.15, -0.1) is 0 Å². The van der Waals surface area contributed by atoms with Crippen LogP contribution in [0.3, 0.4) is 0 Å². The van der Waals surface area contributed by atoms with E-state index in [1.165, 1.54) is 12.1 Å². The standard InChI is InChI=1S/C12H13BrN2O4/c13-10-7-9(15(18)19)1-2-11(10)14-5-3-8(4-6-14)12(16)17/h1-2,7-8H,3-6H2,(H,16,17). The zero-order valence-corrected chi connectivity index (χ0v) is 11.7. The third-order valence-corrected chi connectivity index (χ3v) is 3.96. The average Bonchev–Trinajstić information content (AvgIpc) is 2.38. The minimum absolute atomic E-state index is 0.0380. The first-order valence-corrected chi connectivity index (χ1v) is 6.70. The van der Waals surface area contributed by atoms with Crippen LogP contribution >= 0.6 is 15.9 Å². The maximum absolute atomic E-state index is 10.9. The largest absolute Gasteiger partial charge is 0.481 e. The topological polar surface area (TPSA) is 83.7 Å². The van der Waals surface area contributed by atoms with Gasteiger partial charge in [0, 0.05) is 29.7 Å². The summed E-state index contributed by atoms with van der Waals surface area (Å²) >= 11 is 3.33. The fraction of sp³-hybridized carbons (Fsp3) is 0.417. The number of aliphatic carboxylic acids is 1. The third kappa shape index (κ3) is 3.04. The summed E-state index contributed by atoms with van der Waals surface area (Å²) in [5.74, 6) is -1.03. The summed E-state index contributed by atoms with van der Waals surface area (Å²) < 4.78 is 0.662. The molecule has 6 nitrogen and oxygen atoms in total. The molecule has 0 amide bonds. The Bertz CT molecular complexity index is 512. The Morgan fingerprint density at radius 1 is 1.42 bits per heavy atom. The average molecular weight is 329 g/mol. The molecule has 1 fully saturated rings. The Labute approximate surface area is 118 Å². The quantitative estimate of drug-likeness (QED) is 0.681. The molecule has 0 saturated carbocycles. The van der Waals surface area contributed by atoms with Crippen molar-refractivity contribution in [3.05, 3.63) is 32.8 Å². The van der Waals surface area contributed by atoms with Crippen molar-refractivity contribution >= 4 is 33.3 Å². The van der Waals surface area contributed by atoms with Crippen LogP contribution in [0.25, 0.3) is 0 Å². The number of hydrogen-bond acceptors (Lipinski definition) is 4. The van der Waals surface area contributed by atoms with E-state index in [-0.39, 0.29) is 11.6 Å². The van der Waals surface area contributed by atoms with E-state index in [9.17, 15) is 14.9 Å². The van der Waals surface area contributed by atoms with Crippen LogP contribution in [0.4, 0.5) is 11.4 Å². The highest BCUT2D eigenvalue weighted by Crippen LogP contribution is 2.32. The first-order chi connectivity index (χ1) is 8.99.